The molecule has 2 aromatic carbocycles. The van der Waals surface area contributed by atoms with Crippen molar-refractivity contribution in [2.45, 2.75) is 0 Å². The molecule has 1 aliphatic heterocycles. The average Bonchev–Trinajstić information content (AvgIpc) is 2.90. The fraction of sp³-hybridized carbons (Fsp3) is 0. The molecule has 0 atom stereocenters. The molecule has 2 nitrogen and oxygen atoms in total. The van der Waals surface area contributed by atoms with Gasteiger partial charge >= 0.3 is 5.97 Å². The summed E-state index contributed by atoms with van der Waals surface area (Å²) in [5.74, 6) is -0.827. The van der Waals surface area contributed by atoms with Crippen LogP contribution in [0.25, 0.3) is 5.57 Å². The molecule has 104 valence electrons. The molecule has 0 saturated carbocycles. The van der Waals surface area contributed by atoms with Gasteiger partial charge in [-0.15, -0.1) is 0 Å². The monoisotopic (exact) mass is 284 g/mol. The fourth-order valence-corrected chi connectivity index (χ4v) is 2.14. The van der Waals surface area contributed by atoms with Crippen LogP contribution in [0.1, 0.15) is 11.1 Å². The van der Waals surface area contributed by atoms with Crippen LogP contribution in [0.2, 0.25) is 0 Å². The molecule has 0 fully saturated rings. The molecule has 2 aromatic rings. The smallest absolute Gasteiger partial charge is 0.336 e. The molecule has 4 heteroatoms. The number of ether oxygens (including phenoxy) is 1. The Morgan fingerprint density at radius 3 is 1.62 bits per heavy atom. The summed E-state index contributed by atoms with van der Waals surface area (Å²) >= 11 is 0. The van der Waals surface area contributed by atoms with Crippen LogP contribution >= 0.6 is 0 Å². The van der Waals surface area contributed by atoms with E-state index in [2.05, 4.69) is 0 Å². The van der Waals surface area contributed by atoms with E-state index >= 15 is 0 Å². The van der Waals surface area contributed by atoms with Crippen molar-refractivity contribution in [1.29, 1.82) is 0 Å². The molecule has 3 rings (SSSR count). The second kappa shape index (κ2) is 5.32. The molecule has 0 saturated heterocycles. The summed E-state index contributed by atoms with van der Waals surface area (Å²) in [7, 11) is 0. The minimum absolute atomic E-state index is 0.359. The molecule has 0 unspecified atom stereocenters. The number of benzene rings is 2. The van der Waals surface area contributed by atoms with E-state index in [9.17, 15) is 13.6 Å². The minimum Gasteiger partial charge on any atom is -0.423 e. The largest absolute Gasteiger partial charge is 0.423 e. The molecule has 0 amide bonds. The Bertz CT molecular complexity index is 694. The lowest BCUT2D eigenvalue weighted by atomic mass is 9.96. The summed E-state index contributed by atoms with van der Waals surface area (Å²) < 4.78 is 31.3. The average molecular weight is 284 g/mol. The van der Waals surface area contributed by atoms with Crippen molar-refractivity contribution in [3.05, 3.63) is 89.2 Å². The predicted molar refractivity (Wildman–Crippen MR) is 74.1 cm³/mol. The van der Waals surface area contributed by atoms with Crippen LogP contribution in [0.5, 0.6) is 0 Å². The van der Waals surface area contributed by atoms with Crippen molar-refractivity contribution < 1.29 is 18.3 Å². The molecule has 0 aromatic heterocycles. The van der Waals surface area contributed by atoms with Crippen molar-refractivity contribution in [2.24, 2.45) is 0 Å². The Balaban J connectivity index is 2.16. The van der Waals surface area contributed by atoms with E-state index in [1.165, 1.54) is 30.3 Å². The van der Waals surface area contributed by atoms with E-state index < -0.39 is 5.97 Å². The Morgan fingerprint density at radius 1 is 0.762 bits per heavy atom. The number of esters is 1. The van der Waals surface area contributed by atoms with E-state index in [-0.39, 0.29) is 11.6 Å². The summed E-state index contributed by atoms with van der Waals surface area (Å²) in [6.07, 6.45) is 2.85. The number of carbonyl (C=O) groups excluding carboxylic acids is 1. The maximum absolute atomic E-state index is 13.1. The van der Waals surface area contributed by atoms with Gasteiger partial charge in [-0.3, -0.25) is 0 Å². The third-order valence-corrected chi connectivity index (χ3v) is 3.09. The van der Waals surface area contributed by atoms with Gasteiger partial charge in [-0.25, -0.2) is 13.6 Å². The van der Waals surface area contributed by atoms with Gasteiger partial charge in [0.2, 0.25) is 0 Å². The lowest BCUT2D eigenvalue weighted by Crippen LogP contribution is -1.97. The fourth-order valence-electron chi connectivity index (χ4n) is 2.14. The summed E-state index contributed by atoms with van der Waals surface area (Å²) in [6.45, 7) is 0. The highest BCUT2D eigenvalue weighted by Gasteiger charge is 2.18. The zero-order chi connectivity index (χ0) is 14.8. The minimum atomic E-state index is -0.466. The van der Waals surface area contributed by atoms with Gasteiger partial charge in [0, 0.05) is 11.6 Å². The summed E-state index contributed by atoms with van der Waals surface area (Å²) in [6, 6.07) is 11.6. The molecular formula is C17H10F2O2. The van der Waals surface area contributed by atoms with Gasteiger partial charge < -0.3 is 4.74 Å². The van der Waals surface area contributed by atoms with Crippen LogP contribution in [0.4, 0.5) is 8.78 Å². The van der Waals surface area contributed by atoms with Crippen molar-refractivity contribution in [3.63, 3.8) is 0 Å². The number of halogens is 2. The number of hydrogen-bond acceptors (Lipinski definition) is 2. The van der Waals surface area contributed by atoms with Crippen LogP contribution in [-0.2, 0) is 9.53 Å². The number of hydrogen-bond donors (Lipinski definition) is 0. The number of rotatable bonds is 2. The van der Waals surface area contributed by atoms with Crippen LogP contribution in [0.3, 0.4) is 0 Å². The molecule has 0 radical (unpaired) electrons. The maximum atomic E-state index is 13.1. The zero-order valence-electron chi connectivity index (χ0n) is 10.8. The number of allylic oxidation sites excluding steroid dienone is 1. The van der Waals surface area contributed by atoms with Gasteiger partial charge in [0.1, 0.15) is 17.4 Å². The van der Waals surface area contributed by atoms with Crippen LogP contribution < -0.4 is 0 Å². The Labute approximate surface area is 120 Å². The molecule has 1 aliphatic rings. The van der Waals surface area contributed by atoms with Crippen LogP contribution in [0.15, 0.2) is 66.4 Å². The maximum Gasteiger partial charge on any atom is 0.336 e. The van der Waals surface area contributed by atoms with Crippen LogP contribution in [0, 0.1) is 11.6 Å². The zero-order valence-corrected chi connectivity index (χ0v) is 10.8. The first kappa shape index (κ1) is 13.2. The van der Waals surface area contributed by atoms with Crippen molar-refractivity contribution >= 4 is 11.5 Å². The topological polar surface area (TPSA) is 26.3 Å². The van der Waals surface area contributed by atoms with Gasteiger partial charge in [0.05, 0.1) is 0 Å². The van der Waals surface area contributed by atoms with Gasteiger partial charge in [-0.05, 0) is 41.5 Å². The van der Waals surface area contributed by atoms with E-state index in [0.29, 0.717) is 22.5 Å². The third kappa shape index (κ3) is 2.74. The van der Waals surface area contributed by atoms with Gasteiger partial charge in [-0.2, -0.15) is 0 Å². The highest BCUT2D eigenvalue weighted by Crippen LogP contribution is 2.30. The Hall–Kier alpha value is -2.75. The SMILES string of the molecule is O=C1C=CC(=C(c2ccc(F)cc2)c2ccc(F)cc2)O1. The summed E-state index contributed by atoms with van der Waals surface area (Å²) in [5.41, 5.74) is 1.96. The quantitative estimate of drug-likeness (QED) is 0.783. The molecule has 0 N–H and O–H groups in total. The normalized spacial score (nSPS) is 13.4. The lowest BCUT2D eigenvalue weighted by Gasteiger charge is -2.11. The van der Waals surface area contributed by atoms with E-state index in [0.717, 1.165) is 0 Å². The molecule has 0 aliphatic carbocycles. The number of carbonyl (C=O) groups is 1. The second-order valence-electron chi connectivity index (χ2n) is 4.51. The third-order valence-electron chi connectivity index (χ3n) is 3.09. The first-order valence-corrected chi connectivity index (χ1v) is 6.29. The molecule has 1 heterocycles. The van der Waals surface area contributed by atoms with Gasteiger partial charge in [0.15, 0.2) is 0 Å². The highest BCUT2D eigenvalue weighted by atomic mass is 19.1. The predicted octanol–water partition coefficient (Wildman–Crippen LogP) is 3.84. The van der Waals surface area contributed by atoms with Gasteiger partial charge in [0.25, 0.3) is 0 Å². The van der Waals surface area contributed by atoms with Crippen molar-refractivity contribution in [1.82, 2.24) is 0 Å². The van der Waals surface area contributed by atoms with E-state index in [4.69, 9.17) is 4.74 Å². The standard InChI is InChI=1S/C17H10F2O2/c18-13-5-1-11(2-6-13)17(15-9-10-16(20)21-15)12-3-7-14(19)8-4-12/h1-10H. The summed E-state index contributed by atoms with van der Waals surface area (Å²) in [5, 5.41) is 0. The molecule has 0 spiro atoms. The molecular weight excluding hydrogens is 274 g/mol. The Kier molecular flexibility index (Phi) is 3.36. The van der Waals surface area contributed by atoms with E-state index in [1.54, 1.807) is 30.3 Å². The molecule has 0 bridgehead atoms. The van der Waals surface area contributed by atoms with Gasteiger partial charge in [-0.1, -0.05) is 24.3 Å². The van der Waals surface area contributed by atoms with Crippen molar-refractivity contribution in [2.75, 3.05) is 0 Å². The van der Waals surface area contributed by atoms with E-state index in [1.807, 2.05) is 0 Å². The first-order valence-electron chi connectivity index (χ1n) is 6.29. The second-order valence-corrected chi connectivity index (χ2v) is 4.51. The lowest BCUT2D eigenvalue weighted by molar-refractivity contribution is -0.132. The number of cyclic esters (lactones) is 1. The van der Waals surface area contributed by atoms with Crippen LogP contribution in [-0.4, -0.2) is 5.97 Å². The molecule has 21 heavy (non-hydrogen) atoms. The van der Waals surface area contributed by atoms with Crippen molar-refractivity contribution in [3.8, 4) is 0 Å². The first-order chi connectivity index (χ1) is 10.1. The Morgan fingerprint density at radius 2 is 1.24 bits per heavy atom. The highest BCUT2D eigenvalue weighted by molar-refractivity contribution is 5.92. The summed E-state index contributed by atoms with van der Waals surface area (Å²) in [4.78, 5) is 11.3.